The largest absolute Gasteiger partial charge is 0.344 e. The fourth-order valence-corrected chi connectivity index (χ4v) is 3.38. The van der Waals surface area contributed by atoms with Gasteiger partial charge in [-0.3, -0.25) is 0 Å². The first-order chi connectivity index (χ1) is 5.46. The van der Waals surface area contributed by atoms with E-state index in [1.54, 1.807) is 0 Å². The van der Waals surface area contributed by atoms with Crippen LogP contribution < -0.4 is 6.15 Å². The van der Waals surface area contributed by atoms with Crippen molar-refractivity contribution >= 4 is 69.6 Å². The minimum atomic E-state index is -0.437. The van der Waals surface area contributed by atoms with E-state index in [9.17, 15) is 0 Å². The highest BCUT2D eigenvalue weighted by molar-refractivity contribution is 6.45. The van der Waals surface area contributed by atoms with Crippen molar-refractivity contribution < 1.29 is 0 Å². The van der Waals surface area contributed by atoms with Crippen LogP contribution >= 0.6 is 69.6 Å². The number of hydrogen-bond acceptors (Lipinski definition) is 1. The van der Waals surface area contributed by atoms with E-state index in [1.165, 1.54) is 0 Å². The van der Waals surface area contributed by atoms with Crippen molar-refractivity contribution in [1.29, 1.82) is 0 Å². The summed E-state index contributed by atoms with van der Waals surface area (Å²) in [6.45, 7) is 0. The predicted octanol–water partition coefficient (Wildman–Crippen LogP) is 3.81. The molecule has 1 saturated carbocycles. The molecule has 7 heteroatoms. The van der Waals surface area contributed by atoms with Gasteiger partial charge in [0.1, 0.15) is 0 Å². The van der Waals surface area contributed by atoms with E-state index in [-0.39, 0.29) is 6.15 Å². The molecule has 0 aromatic carbocycles. The lowest BCUT2D eigenvalue weighted by molar-refractivity contribution is 0.544. The van der Waals surface area contributed by atoms with Crippen LogP contribution in [-0.2, 0) is 0 Å². The van der Waals surface area contributed by atoms with Crippen LogP contribution in [0.1, 0.15) is 0 Å². The molecule has 0 bridgehead atoms. The topological polar surface area (TPSA) is 35.0 Å². The van der Waals surface area contributed by atoms with Gasteiger partial charge in [0.15, 0.2) is 0 Å². The molecule has 1 aliphatic carbocycles. The van der Waals surface area contributed by atoms with Gasteiger partial charge in [0.05, 0.1) is 32.3 Å². The van der Waals surface area contributed by atoms with Gasteiger partial charge in [-0.15, -0.1) is 69.6 Å². The minimum Gasteiger partial charge on any atom is -0.344 e. The quantitative estimate of drug-likeness (QED) is 0.679. The van der Waals surface area contributed by atoms with Gasteiger partial charge in [-0.2, -0.15) is 0 Å². The fourth-order valence-electron chi connectivity index (χ4n) is 1.05. The van der Waals surface area contributed by atoms with Crippen molar-refractivity contribution in [3.8, 4) is 0 Å². The lowest BCUT2D eigenvalue weighted by Crippen LogP contribution is -2.52. The normalized spacial score (nSPS) is 51.2. The van der Waals surface area contributed by atoms with E-state index in [1.807, 2.05) is 0 Å². The zero-order chi connectivity index (χ0) is 9.46. The molecule has 1 aliphatic rings. The molecule has 0 saturated heterocycles. The fraction of sp³-hybridized carbons (Fsp3) is 1.00. The molecule has 0 atom stereocenters. The Kier molecular flexibility index (Phi) is 6.44. The molecule has 0 radical (unpaired) electrons. The van der Waals surface area contributed by atoms with Gasteiger partial charge in [0, 0.05) is 0 Å². The molecule has 80 valence electrons. The Morgan fingerprint density at radius 3 is 0.538 bits per heavy atom. The van der Waals surface area contributed by atoms with Crippen LogP contribution in [0.15, 0.2) is 0 Å². The number of hydrogen-bond donors (Lipinski definition) is 1. The molecule has 1 rings (SSSR count). The van der Waals surface area contributed by atoms with E-state index in [0.29, 0.717) is 0 Å². The molecule has 0 aromatic heterocycles. The van der Waals surface area contributed by atoms with Crippen molar-refractivity contribution in [3.63, 3.8) is 0 Å². The highest BCUT2D eigenvalue weighted by Crippen LogP contribution is 2.39. The standard InChI is InChI=1S/C6H6Cl6.H3N/c7-1-2(8)4(10)6(12)5(11)3(1)9;/h1-6H;1H3. The summed E-state index contributed by atoms with van der Waals surface area (Å²) in [6, 6.07) is 0. The van der Waals surface area contributed by atoms with E-state index < -0.39 is 32.3 Å². The minimum absolute atomic E-state index is 0. The smallest absolute Gasteiger partial charge is 0.0693 e. The Bertz CT molecular complexity index is 109. The second-order valence-corrected chi connectivity index (χ2v) is 5.69. The van der Waals surface area contributed by atoms with Crippen LogP contribution in [-0.4, -0.2) is 32.3 Å². The van der Waals surface area contributed by atoms with E-state index in [4.69, 9.17) is 69.6 Å². The van der Waals surface area contributed by atoms with Gasteiger partial charge in [-0.1, -0.05) is 0 Å². The summed E-state index contributed by atoms with van der Waals surface area (Å²) in [5.41, 5.74) is 0. The molecular weight excluding hydrogens is 299 g/mol. The Hall–Kier alpha value is 1.70. The maximum Gasteiger partial charge on any atom is 0.0693 e. The first-order valence-electron chi connectivity index (χ1n) is 3.31. The predicted molar refractivity (Wildman–Crippen MR) is 62.9 cm³/mol. The average molecular weight is 308 g/mol. The maximum absolute atomic E-state index is 5.88. The summed E-state index contributed by atoms with van der Waals surface area (Å²) in [5.74, 6) is 0. The molecule has 3 N–H and O–H groups in total. The molecule has 0 spiro atoms. The average Bonchev–Trinajstić information content (AvgIpc) is 2.08. The molecule has 0 aromatic rings. The maximum atomic E-state index is 5.88. The Labute approximate surface area is 108 Å². The van der Waals surface area contributed by atoms with Gasteiger partial charge >= 0.3 is 0 Å². The summed E-state index contributed by atoms with van der Waals surface area (Å²) in [5, 5.41) is -2.62. The lowest BCUT2D eigenvalue weighted by Gasteiger charge is -2.37. The highest BCUT2D eigenvalue weighted by atomic mass is 35.5. The van der Waals surface area contributed by atoms with Crippen molar-refractivity contribution in [2.24, 2.45) is 0 Å². The Morgan fingerprint density at radius 1 is 0.385 bits per heavy atom. The third-order valence-corrected chi connectivity index (χ3v) is 5.86. The summed E-state index contributed by atoms with van der Waals surface area (Å²) < 4.78 is 0. The zero-order valence-corrected chi connectivity index (χ0v) is 11.0. The third-order valence-electron chi connectivity index (χ3n) is 1.83. The summed E-state index contributed by atoms with van der Waals surface area (Å²) in [7, 11) is 0. The molecule has 0 heterocycles. The van der Waals surface area contributed by atoms with Gasteiger partial charge in [0.25, 0.3) is 0 Å². The summed E-state index contributed by atoms with van der Waals surface area (Å²) in [4.78, 5) is 0. The molecule has 0 unspecified atom stereocenters. The van der Waals surface area contributed by atoms with E-state index in [2.05, 4.69) is 0 Å². The van der Waals surface area contributed by atoms with E-state index >= 15 is 0 Å². The second-order valence-electron chi connectivity index (χ2n) is 2.67. The van der Waals surface area contributed by atoms with Crippen LogP contribution in [0.2, 0.25) is 0 Å². The van der Waals surface area contributed by atoms with Crippen LogP contribution in [0.5, 0.6) is 0 Å². The molecule has 0 aliphatic heterocycles. The van der Waals surface area contributed by atoms with Gasteiger partial charge in [-0.05, 0) is 0 Å². The van der Waals surface area contributed by atoms with Gasteiger partial charge in [-0.25, -0.2) is 0 Å². The zero-order valence-electron chi connectivity index (χ0n) is 6.44. The third kappa shape index (κ3) is 2.84. The SMILES string of the molecule is ClC1C(Cl)C(Cl)C(Cl)C(Cl)C1Cl.N. The van der Waals surface area contributed by atoms with Crippen LogP contribution in [0, 0.1) is 0 Å². The molecular formula is C6H9Cl6N. The van der Waals surface area contributed by atoms with E-state index in [0.717, 1.165) is 0 Å². The second kappa shape index (κ2) is 5.69. The molecule has 1 fully saturated rings. The van der Waals surface area contributed by atoms with Crippen molar-refractivity contribution in [2.75, 3.05) is 0 Å². The summed E-state index contributed by atoms with van der Waals surface area (Å²) in [6.07, 6.45) is 0. The molecule has 13 heavy (non-hydrogen) atoms. The van der Waals surface area contributed by atoms with Crippen molar-refractivity contribution in [2.45, 2.75) is 32.3 Å². The van der Waals surface area contributed by atoms with Crippen LogP contribution in [0.4, 0.5) is 0 Å². The van der Waals surface area contributed by atoms with Crippen LogP contribution in [0.3, 0.4) is 0 Å². The van der Waals surface area contributed by atoms with Crippen molar-refractivity contribution in [3.05, 3.63) is 0 Å². The number of alkyl halides is 6. The highest BCUT2D eigenvalue weighted by Gasteiger charge is 2.46. The van der Waals surface area contributed by atoms with Crippen molar-refractivity contribution in [1.82, 2.24) is 6.15 Å². The number of rotatable bonds is 0. The Balaban J connectivity index is 0.00000144. The monoisotopic (exact) mass is 305 g/mol. The van der Waals surface area contributed by atoms with Gasteiger partial charge < -0.3 is 6.15 Å². The first-order valence-corrected chi connectivity index (χ1v) is 5.93. The Morgan fingerprint density at radius 2 is 0.462 bits per heavy atom. The first kappa shape index (κ1) is 14.7. The van der Waals surface area contributed by atoms with Gasteiger partial charge in [0.2, 0.25) is 0 Å². The lowest BCUT2D eigenvalue weighted by atomic mass is 9.97. The molecule has 0 amide bonds. The summed E-state index contributed by atoms with van der Waals surface area (Å²) >= 11 is 35.3. The number of halogens is 6. The molecule has 1 nitrogen and oxygen atoms in total. The van der Waals surface area contributed by atoms with Crippen LogP contribution in [0.25, 0.3) is 0 Å².